The van der Waals surface area contributed by atoms with E-state index in [0.717, 1.165) is 0 Å². The first-order chi connectivity index (χ1) is 4.41. The van der Waals surface area contributed by atoms with Crippen LogP contribution in [0.2, 0.25) is 0 Å². The Kier molecular flexibility index (Phi) is 2.80. The van der Waals surface area contributed by atoms with Gasteiger partial charge < -0.3 is 15.9 Å². The highest BCUT2D eigenvalue weighted by atomic mass is 16.4. The summed E-state index contributed by atoms with van der Waals surface area (Å²) in [5.41, 5.74) is 4.50. The molecule has 0 aromatic rings. The fourth-order valence-electron chi connectivity index (χ4n) is 0.433. The van der Waals surface area contributed by atoms with Gasteiger partial charge in [-0.15, -0.1) is 0 Å². The van der Waals surface area contributed by atoms with E-state index in [1.54, 1.807) is 13.8 Å². The number of hydrogen-bond donors (Lipinski definition) is 3. The maximum Gasteiger partial charge on any atom is 0.321 e. The van der Waals surface area contributed by atoms with Gasteiger partial charge in [-0.2, -0.15) is 0 Å². The van der Waals surface area contributed by atoms with Crippen molar-refractivity contribution in [2.45, 2.75) is 19.9 Å². The first kappa shape index (κ1) is 9.39. The minimum atomic E-state index is -1.08. The average molecular weight is 147 g/mol. The Hall–Kier alpha value is -0.610. The fraction of sp³-hybridized carbons (Fsp3) is 0.833. The van der Waals surface area contributed by atoms with E-state index in [2.05, 4.69) is 0 Å². The zero-order valence-electron chi connectivity index (χ0n) is 6.16. The molecule has 0 spiro atoms. The van der Waals surface area contributed by atoms with Crippen LogP contribution in [0.1, 0.15) is 13.8 Å². The Labute approximate surface area is 59.7 Å². The van der Waals surface area contributed by atoms with Crippen molar-refractivity contribution in [3.63, 3.8) is 0 Å². The lowest BCUT2D eigenvalue weighted by Gasteiger charge is -2.25. The molecule has 0 aliphatic heterocycles. The quantitative estimate of drug-likeness (QED) is 0.498. The monoisotopic (exact) mass is 147 g/mol. The van der Waals surface area contributed by atoms with E-state index in [-0.39, 0.29) is 6.61 Å². The van der Waals surface area contributed by atoms with E-state index in [4.69, 9.17) is 15.9 Å². The largest absolute Gasteiger partial charge is 0.480 e. The van der Waals surface area contributed by atoms with Crippen molar-refractivity contribution in [1.29, 1.82) is 0 Å². The van der Waals surface area contributed by atoms with E-state index in [1.165, 1.54) is 0 Å². The number of hydrogen-bond acceptors (Lipinski definition) is 3. The molecule has 0 radical (unpaired) electrons. The third kappa shape index (κ3) is 1.97. The SMILES string of the molecule is CC(C)(CO)C(N)C(=O)O. The lowest BCUT2D eigenvalue weighted by atomic mass is 9.86. The van der Waals surface area contributed by atoms with Gasteiger partial charge in [0.15, 0.2) is 0 Å². The molecule has 0 aliphatic rings. The summed E-state index contributed by atoms with van der Waals surface area (Å²) in [7, 11) is 0. The minimum Gasteiger partial charge on any atom is -0.480 e. The summed E-state index contributed by atoms with van der Waals surface area (Å²) < 4.78 is 0. The molecule has 0 aromatic carbocycles. The van der Waals surface area contributed by atoms with Crippen molar-refractivity contribution in [3.8, 4) is 0 Å². The van der Waals surface area contributed by atoms with Crippen LogP contribution in [0.5, 0.6) is 0 Å². The zero-order valence-corrected chi connectivity index (χ0v) is 6.16. The van der Waals surface area contributed by atoms with Gasteiger partial charge in [0.2, 0.25) is 0 Å². The molecule has 0 heterocycles. The summed E-state index contributed by atoms with van der Waals surface area (Å²) in [4.78, 5) is 10.3. The van der Waals surface area contributed by atoms with E-state index in [1.807, 2.05) is 0 Å². The number of carboxylic acids is 1. The standard InChI is InChI=1S/C6H13NO3/c1-6(2,3-8)4(7)5(9)10/h4,8H,3,7H2,1-2H3,(H,9,10). The van der Waals surface area contributed by atoms with Crippen LogP contribution in [0.3, 0.4) is 0 Å². The molecule has 4 N–H and O–H groups in total. The van der Waals surface area contributed by atoms with Crippen LogP contribution in [-0.2, 0) is 4.79 Å². The third-order valence-corrected chi connectivity index (χ3v) is 1.52. The fourth-order valence-corrected chi connectivity index (χ4v) is 0.433. The Morgan fingerprint density at radius 2 is 2.10 bits per heavy atom. The van der Waals surface area contributed by atoms with Gasteiger partial charge in [-0.25, -0.2) is 0 Å². The van der Waals surface area contributed by atoms with Crippen LogP contribution >= 0.6 is 0 Å². The molecule has 0 fully saturated rings. The smallest absolute Gasteiger partial charge is 0.321 e. The van der Waals surface area contributed by atoms with Gasteiger partial charge in [-0.3, -0.25) is 4.79 Å². The molecule has 0 bridgehead atoms. The summed E-state index contributed by atoms with van der Waals surface area (Å²) in [5.74, 6) is -1.08. The van der Waals surface area contributed by atoms with Crippen molar-refractivity contribution in [2.24, 2.45) is 11.1 Å². The predicted octanol–water partition coefficient (Wildman–Crippen LogP) is -0.583. The Morgan fingerprint density at radius 1 is 1.70 bits per heavy atom. The van der Waals surface area contributed by atoms with Gasteiger partial charge in [-0.05, 0) is 0 Å². The second-order valence-electron chi connectivity index (χ2n) is 2.96. The van der Waals surface area contributed by atoms with E-state index in [0.29, 0.717) is 0 Å². The number of aliphatic hydroxyl groups excluding tert-OH is 1. The Morgan fingerprint density at radius 3 is 2.20 bits per heavy atom. The lowest BCUT2D eigenvalue weighted by molar-refractivity contribution is -0.142. The number of aliphatic hydroxyl groups is 1. The molecule has 10 heavy (non-hydrogen) atoms. The van der Waals surface area contributed by atoms with Crippen LogP contribution < -0.4 is 5.73 Å². The van der Waals surface area contributed by atoms with Gasteiger partial charge in [0, 0.05) is 5.41 Å². The Bertz CT molecular complexity index is 133. The molecular formula is C6H13NO3. The number of aliphatic carboxylic acids is 1. The topological polar surface area (TPSA) is 83.5 Å². The first-order valence-electron chi connectivity index (χ1n) is 3.01. The molecule has 4 nitrogen and oxygen atoms in total. The highest BCUT2D eigenvalue weighted by Crippen LogP contribution is 2.17. The maximum absolute atomic E-state index is 10.3. The summed E-state index contributed by atoms with van der Waals surface area (Å²) >= 11 is 0. The summed E-state index contributed by atoms with van der Waals surface area (Å²) in [5, 5.41) is 17.1. The zero-order chi connectivity index (χ0) is 8.36. The molecule has 60 valence electrons. The third-order valence-electron chi connectivity index (χ3n) is 1.52. The molecule has 0 rings (SSSR count). The normalized spacial score (nSPS) is 14.8. The first-order valence-corrected chi connectivity index (χ1v) is 3.01. The molecule has 1 atom stereocenters. The van der Waals surface area contributed by atoms with Crippen molar-refractivity contribution in [1.82, 2.24) is 0 Å². The second kappa shape index (κ2) is 2.98. The van der Waals surface area contributed by atoms with Crippen LogP contribution in [0.25, 0.3) is 0 Å². The minimum absolute atomic E-state index is 0.222. The number of nitrogens with two attached hydrogens (primary N) is 1. The average Bonchev–Trinajstić information content (AvgIpc) is 1.86. The van der Waals surface area contributed by atoms with Crippen molar-refractivity contribution in [3.05, 3.63) is 0 Å². The van der Waals surface area contributed by atoms with Crippen LogP contribution in [-0.4, -0.2) is 28.8 Å². The lowest BCUT2D eigenvalue weighted by Crippen LogP contribution is -2.45. The summed E-state index contributed by atoms with van der Waals surface area (Å²) in [6, 6.07) is -1.00. The van der Waals surface area contributed by atoms with Crippen molar-refractivity contribution in [2.75, 3.05) is 6.61 Å². The molecule has 0 aliphatic carbocycles. The van der Waals surface area contributed by atoms with E-state index < -0.39 is 17.4 Å². The van der Waals surface area contributed by atoms with Gasteiger partial charge in [0.25, 0.3) is 0 Å². The van der Waals surface area contributed by atoms with Gasteiger partial charge in [0.1, 0.15) is 6.04 Å². The highest BCUT2D eigenvalue weighted by Gasteiger charge is 2.30. The maximum atomic E-state index is 10.3. The van der Waals surface area contributed by atoms with Gasteiger partial charge in [0.05, 0.1) is 6.61 Å². The number of rotatable bonds is 3. The molecular weight excluding hydrogens is 134 g/mol. The molecule has 0 saturated heterocycles. The Balaban J connectivity index is 4.17. The number of carbonyl (C=O) groups is 1. The summed E-state index contributed by atoms with van der Waals surface area (Å²) in [6.07, 6.45) is 0. The van der Waals surface area contributed by atoms with Gasteiger partial charge >= 0.3 is 5.97 Å². The molecule has 1 unspecified atom stereocenters. The highest BCUT2D eigenvalue weighted by molar-refractivity contribution is 5.74. The predicted molar refractivity (Wildman–Crippen MR) is 36.5 cm³/mol. The van der Waals surface area contributed by atoms with E-state index >= 15 is 0 Å². The summed E-state index contributed by atoms with van der Waals surface area (Å²) in [6.45, 7) is 2.98. The molecule has 4 heteroatoms. The molecule has 0 amide bonds. The van der Waals surface area contributed by atoms with E-state index in [9.17, 15) is 4.79 Å². The van der Waals surface area contributed by atoms with Crippen LogP contribution in [0.15, 0.2) is 0 Å². The second-order valence-corrected chi connectivity index (χ2v) is 2.96. The van der Waals surface area contributed by atoms with Crippen LogP contribution in [0.4, 0.5) is 0 Å². The van der Waals surface area contributed by atoms with Crippen molar-refractivity contribution >= 4 is 5.97 Å². The van der Waals surface area contributed by atoms with Crippen molar-refractivity contribution < 1.29 is 15.0 Å². The number of carboxylic acid groups (broad SMARTS) is 1. The molecule has 0 aromatic heterocycles. The molecule has 0 saturated carbocycles. The van der Waals surface area contributed by atoms with Crippen LogP contribution in [0, 0.1) is 5.41 Å². The van der Waals surface area contributed by atoms with Gasteiger partial charge in [-0.1, -0.05) is 13.8 Å².